The van der Waals surface area contributed by atoms with Gasteiger partial charge in [0.2, 0.25) is 0 Å². The maximum Gasteiger partial charge on any atom is 0.261 e. The molecule has 1 aromatic rings. The van der Waals surface area contributed by atoms with Crippen molar-refractivity contribution in [2.75, 3.05) is 20.3 Å². The first-order chi connectivity index (χ1) is 8.63. The lowest BCUT2D eigenvalue weighted by molar-refractivity contribution is 0.0146. The minimum absolute atomic E-state index is 0.141. The molecule has 1 N–H and O–H groups in total. The van der Waals surface area contributed by atoms with Crippen LogP contribution in [0.3, 0.4) is 0 Å². The van der Waals surface area contributed by atoms with Gasteiger partial charge in [-0.15, -0.1) is 0 Å². The van der Waals surface area contributed by atoms with E-state index >= 15 is 0 Å². The van der Waals surface area contributed by atoms with E-state index in [0.717, 1.165) is 12.0 Å². The van der Waals surface area contributed by atoms with Crippen LogP contribution in [0.25, 0.3) is 0 Å². The van der Waals surface area contributed by atoms with Gasteiger partial charge in [0.15, 0.2) is 0 Å². The van der Waals surface area contributed by atoms with E-state index in [0.29, 0.717) is 18.1 Å². The SMILES string of the molecule is CNC(CCOCC(F)F)Cc1ccncc1Cl. The van der Waals surface area contributed by atoms with Gasteiger partial charge in [-0.1, -0.05) is 11.6 Å². The lowest BCUT2D eigenvalue weighted by Gasteiger charge is -2.16. The summed E-state index contributed by atoms with van der Waals surface area (Å²) in [5.41, 5.74) is 0.986. The van der Waals surface area contributed by atoms with Gasteiger partial charge in [-0.05, 0) is 31.5 Å². The van der Waals surface area contributed by atoms with Crippen LogP contribution >= 0.6 is 11.6 Å². The standard InChI is InChI=1S/C12H17ClF2N2O/c1-16-10(3-5-18-8-12(14)15)6-9-2-4-17-7-11(9)13/h2,4,7,10,12,16H,3,5-6,8H2,1H3. The van der Waals surface area contributed by atoms with Crippen LogP contribution in [0.15, 0.2) is 18.5 Å². The number of nitrogens with one attached hydrogen (secondary N) is 1. The number of hydrogen-bond acceptors (Lipinski definition) is 3. The molecule has 0 aliphatic carbocycles. The summed E-state index contributed by atoms with van der Waals surface area (Å²) >= 11 is 6.01. The third-order valence-corrected chi connectivity index (χ3v) is 2.93. The van der Waals surface area contributed by atoms with Gasteiger partial charge in [0.25, 0.3) is 6.43 Å². The van der Waals surface area contributed by atoms with Crippen molar-refractivity contribution in [1.29, 1.82) is 0 Å². The molecule has 102 valence electrons. The third kappa shape index (κ3) is 5.71. The van der Waals surface area contributed by atoms with Crippen molar-refractivity contribution in [3.8, 4) is 0 Å². The number of rotatable bonds is 8. The van der Waals surface area contributed by atoms with Crippen molar-refractivity contribution in [3.05, 3.63) is 29.0 Å². The predicted molar refractivity (Wildman–Crippen MR) is 67.2 cm³/mol. The number of likely N-dealkylation sites (N-methyl/N-ethyl adjacent to an activating group) is 1. The van der Waals surface area contributed by atoms with Gasteiger partial charge >= 0.3 is 0 Å². The first kappa shape index (κ1) is 15.3. The van der Waals surface area contributed by atoms with Gasteiger partial charge in [-0.2, -0.15) is 0 Å². The number of aromatic nitrogens is 1. The third-order valence-electron chi connectivity index (χ3n) is 2.59. The van der Waals surface area contributed by atoms with Crippen LogP contribution in [0.1, 0.15) is 12.0 Å². The van der Waals surface area contributed by atoms with E-state index in [1.807, 2.05) is 13.1 Å². The van der Waals surface area contributed by atoms with Crippen molar-refractivity contribution in [2.45, 2.75) is 25.3 Å². The van der Waals surface area contributed by atoms with E-state index in [1.54, 1.807) is 12.4 Å². The second kappa shape index (κ2) is 8.34. The zero-order valence-corrected chi connectivity index (χ0v) is 11.0. The summed E-state index contributed by atoms with van der Waals surface area (Å²) in [4.78, 5) is 3.91. The van der Waals surface area contributed by atoms with Gasteiger partial charge in [0, 0.05) is 25.0 Å². The summed E-state index contributed by atoms with van der Waals surface area (Å²) in [6.07, 6.45) is 2.24. The number of nitrogens with zero attached hydrogens (tertiary/aromatic N) is 1. The Morgan fingerprint density at radius 3 is 2.89 bits per heavy atom. The van der Waals surface area contributed by atoms with Crippen LogP contribution in [0.2, 0.25) is 5.02 Å². The van der Waals surface area contributed by atoms with Crippen LogP contribution in [-0.2, 0) is 11.2 Å². The van der Waals surface area contributed by atoms with Crippen molar-refractivity contribution >= 4 is 11.6 Å². The Morgan fingerprint density at radius 2 is 2.28 bits per heavy atom. The number of alkyl halides is 2. The Kier molecular flexibility index (Phi) is 7.08. The summed E-state index contributed by atoms with van der Waals surface area (Å²) in [5, 5.41) is 3.74. The molecule has 1 unspecified atom stereocenters. The molecule has 0 radical (unpaired) electrons. The molecule has 0 fully saturated rings. The number of halogens is 3. The molecular weight excluding hydrogens is 262 g/mol. The fourth-order valence-electron chi connectivity index (χ4n) is 1.58. The summed E-state index contributed by atoms with van der Waals surface area (Å²) in [5.74, 6) is 0. The second-order valence-corrected chi connectivity index (χ2v) is 4.32. The van der Waals surface area contributed by atoms with Crippen molar-refractivity contribution in [1.82, 2.24) is 10.3 Å². The summed E-state index contributed by atoms with van der Waals surface area (Å²) in [7, 11) is 1.83. The van der Waals surface area contributed by atoms with E-state index in [4.69, 9.17) is 16.3 Å². The van der Waals surface area contributed by atoms with Crippen LogP contribution in [0.5, 0.6) is 0 Å². The molecule has 1 heterocycles. The Morgan fingerprint density at radius 1 is 1.50 bits per heavy atom. The average molecular weight is 279 g/mol. The normalized spacial score (nSPS) is 12.9. The molecule has 0 aliphatic heterocycles. The van der Waals surface area contributed by atoms with Crippen molar-refractivity contribution in [3.63, 3.8) is 0 Å². The van der Waals surface area contributed by atoms with Crippen molar-refractivity contribution in [2.24, 2.45) is 0 Å². The van der Waals surface area contributed by atoms with Crippen LogP contribution < -0.4 is 5.32 Å². The first-order valence-electron chi connectivity index (χ1n) is 5.75. The van der Waals surface area contributed by atoms with Crippen LogP contribution in [0, 0.1) is 0 Å². The topological polar surface area (TPSA) is 34.1 Å². The molecule has 0 aliphatic rings. The quantitative estimate of drug-likeness (QED) is 0.742. The Bertz CT molecular complexity index is 353. The summed E-state index contributed by atoms with van der Waals surface area (Å²) in [6.45, 7) is -0.203. The number of ether oxygens (including phenoxy) is 1. The zero-order valence-electron chi connectivity index (χ0n) is 10.2. The minimum Gasteiger partial charge on any atom is -0.375 e. The van der Waals surface area contributed by atoms with E-state index in [9.17, 15) is 8.78 Å². The Balaban J connectivity index is 2.36. The molecule has 0 saturated heterocycles. The highest BCUT2D eigenvalue weighted by molar-refractivity contribution is 6.31. The number of hydrogen-bond donors (Lipinski definition) is 1. The predicted octanol–water partition coefficient (Wildman–Crippen LogP) is 2.54. The Hall–Kier alpha value is -0.780. The average Bonchev–Trinajstić information content (AvgIpc) is 2.35. The lowest BCUT2D eigenvalue weighted by Crippen LogP contribution is -2.29. The van der Waals surface area contributed by atoms with E-state index in [-0.39, 0.29) is 6.04 Å². The van der Waals surface area contributed by atoms with Gasteiger partial charge in [0.05, 0.1) is 5.02 Å². The summed E-state index contributed by atoms with van der Waals surface area (Å²) < 4.78 is 28.6. The molecule has 0 bridgehead atoms. The molecule has 1 atom stereocenters. The lowest BCUT2D eigenvalue weighted by atomic mass is 10.1. The first-order valence-corrected chi connectivity index (χ1v) is 6.12. The molecule has 1 rings (SSSR count). The minimum atomic E-state index is -2.41. The molecule has 0 saturated carbocycles. The molecule has 3 nitrogen and oxygen atoms in total. The molecule has 18 heavy (non-hydrogen) atoms. The summed E-state index contributed by atoms with van der Waals surface area (Å²) in [6, 6.07) is 2.00. The zero-order chi connectivity index (χ0) is 13.4. The largest absolute Gasteiger partial charge is 0.375 e. The van der Waals surface area contributed by atoms with Gasteiger partial charge in [-0.3, -0.25) is 4.98 Å². The maximum absolute atomic E-state index is 11.9. The highest BCUT2D eigenvalue weighted by atomic mass is 35.5. The fraction of sp³-hybridized carbons (Fsp3) is 0.583. The van der Waals surface area contributed by atoms with E-state index < -0.39 is 13.0 Å². The van der Waals surface area contributed by atoms with Crippen LogP contribution in [-0.4, -0.2) is 37.7 Å². The molecule has 6 heteroatoms. The number of pyridine rings is 1. The van der Waals surface area contributed by atoms with Crippen molar-refractivity contribution < 1.29 is 13.5 Å². The van der Waals surface area contributed by atoms with E-state index in [1.165, 1.54) is 0 Å². The second-order valence-electron chi connectivity index (χ2n) is 3.91. The van der Waals surface area contributed by atoms with E-state index in [2.05, 4.69) is 10.3 Å². The molecular formula is C12H17ClF2N2O. The highest BCUT2D eigenvalue weighted by Gasteiger charge is 2.10. The van der Waals surface area contributed by atoms with Gasteiger partial charge in [-0.25, -0.2) is 8.78 Å². The fourth-order valence-corrected chi connectivity index (χ4v) is 1.78. The smallest absolute Gasteiger partial charge is 0.261 e. The highest BCUT2D eigenvalue weighted by Crippen LogP contribution is 2.16. The monoisotopic (exact) mass is 278 g/mol. The van der Waals surface area contributed by atoms with Gasteiger partial charge < -0.3 is 10.1 Å². The molecule has 1 aromatic heterocycles. The molecule has 0 amide bonds. The molecule has 0 spiro atoms. The van der Waals surface area contributed by atoms with Crippen LogP contribution in [0.4, 0.5) is 8.78 Å². The molecule has 0 aromatic carbocycles. The maximum atomic E-state index is 11.9. The Labute approximate surface area is 111 Å². The van der Waals surface area contributed by atoms with Gasteiger partial charge in [0.1, 0.15) is 6.61 Å².